The Labute approximate surface area is 152 Å². The van der Waals surface area contributed by atoms with Gasteiger partial charge in [0, 0.05) is 12.5 Å². The molecule has 2 aromatic rings. The minimum Gasteiger partial charge on any atom is -0.491 e. The van der Waals surface area contributed by atoms with Crippen molar-refractivity contribution in [1.29, 1.82) is 0 Å². The Morgan fingerprint density at radius 2 is 2.08 bits per heavy atom. The molecule has 0 saturated carbocycles. The maximum atomic E-state index is 12.1. The van der Waals surface area contributed by atoms with Crippen LogP contribution in [0.1, 0.15) is 36.6 Å². The summed E-state index contributed by atoms with van der Waals surface area (Å²) < 4.78 is 6.92. The van der Waals surface area contributed by atoms with Crippen molar-refractivity contribution in [3.63, 3.8) is 0 Å². The van der Waals surface area contributed by atoms with E-state index in [1.54, 1.807) is 13.0 Å². The van der Waals surface area contributed by atoms with Crippen LogP contribution < -0.4 is 10.3 Å². The van der Waals surface area contributed by atoms with E-state index in [4.69, 9.17) is 4.74 Å². The van der Waals surface area contributed by atoms with Crippen molar-refractivity contribution in [3.05, 3.63) is 57.5 Å². The normalized spacial score (nSPS) is 14.1. The van der Waals surface area contributed by atoms with Crippen LogP contribution >= 0.6 is 0 Å². The molecule has 1 aliphatic carbocycles. The Morgan fingerprint density at radius 3 is 2.81 bits per heavy atom. The van der Waals surface area contributed by atoms with Crippen LogP contribution in [0.4, 0.5) is 0 Å². The lowest BCUT2D eigenvalue weighted by Crippen LogP contribution is -2.32. The number of carbonyl (C=O) groups is 1. The molecule has 0 aliphatic heterocycles. The zero-order chi connectivity index (χ0) is 18.5. The average molecular weight is 356 g/mol. The number of aryl methyl sites for hydroxylation is 3. The Morgan fingerprint density at radius 1 is 1.31 bits per heavy atom. The highest BCUT2D eigenvalue weighted by Crippen LogP contribution is 2.17. The number of nitrogens with zero attached hydrogens (tertiary/aromatic N) is 2. The van der Waals surface area contributed by atoms with Crippen LogP contribution in [0.3, 0.4) is 0 Å². The third-order valence-corrected chi connectivity index (χ3v) is 4.54. The predicted octanol–water partition coefficient (Wildman–Crippen LogP) is 1.69. The summed E-state index contributed by atoms with van der Waals surface area (Å²) in [4.78, 5) is 23.1. The van der Waals surface area contributed by atoms with Gasteiger partial charge in [0.25, 0.3) is 5.56 Å². The van der Waals surface area contributed by atoms with E-state index in [9.17, 15) is 14.7 Å². The molecule has 1 aromatic carbocycles. The van der Waals surface area contributed by atoms with Crippen molar-refractivity contribution in [2.45, 2.75) is 51.7 Å². The molecule has 1 atom stereocenters. The first-order valence-corrected chi connectivity index (χ1v) is 9.00. The number of fused-ring (bicyclic) bond motifs is 1. The summed E-state index contributed by atoms with van der Waals surface area (Å²) in [6.07, 6.45) is 3.24. The van der Waals surface area contributed by atoms with Crippen LogP contribution in [0, 0.1) is 0 Å². The molecular formula is C20H24N2O4. The number of benzene rings is 1. The van der Waals surface area contributed by atoms with Gasteiger partial charge in [0.05, 0.1) is 12.2 Å². The molecule has 1 aliphatic rings. The molecule has 1 N–H and O–H groups in total. The van der Waals surface area contributed by atoms with Crippen molar-refractivity contribution < 1.29 is 14.6 Å². The van der Waals surface area contributed by atoms with Crippen molar-refractivity contribution >= 4 is 5.78 Å². The van der Waals surface area contributed by atoms with Gasteiger partial charge in [-0.3, -0.25) is 4.79 Å². The molecule has 0 amide bonds. The predicted molar refractivity (Wildman–Crippen MR) is 97.5 cm³/mol. The Hall–Kier alpha value is -2.47. The molecule has 6 nitrogen and oxygen atoms in total. The van der Waals surface area contributed by atoms with E-state index < -0.39 is 6.10 Å². The highest BCUT2D eigenvalue weighted by atomic mass is 16.5. The van der Waals surface area contributed by atoms with Crippen LogP contribution in [0.5, 0.6) is 5.75 Å². The fraction of sp³-hybridized carbons (Fsp3) is 0.450. The lowest BCUT2D eigenvalue weighted by Gasteiger charge is -2.14. The van der Waals surface area contributed by atoms with E-state index in [0.717, 1.165) is 36.1 Å². The molecule has 1 heterocycles. The van der Waals surface area contributed by atoms with Gasteiger partial charge in [-0.2, -0.15) is 5.10 Å². The van der Waals surface area contributed by atoms with Crippen molar-refractivity contribution in [1.82, 2.24) is 9.78 Å². The van der Waals surface area contributed by atoms with Gasteiger partial charge in [0.2, 0.25) is 0 Å². The van der Waals surface area contributed by atoms with E-state index in [2.05, 4.69) is 5.10 Å². The van der Waals surface area contributed by atoms with Crippen LogP contribution in [-0.2, 0) is 30.6 Å². The molecule has 0 radical (unpaired) electrons. The lowest BCUT2D eigenvalue weighted by molar-refractivity contribution is -0.116. The van der Waals surface area contributed by atoms with Crippen molar-refractivity contribution in [3.8, 4) is 5.75 Å². The van der Waals surface area contributed by atoms with Crippen LogP contribution in [0.2, 0.25) is 0 Å². The third kappa shape index (κ3) is 4.79. The van der Waals surface area contributed by atoms with Gasteiger partial charge in [-0.15, -0.1) is 0 Å². The highest BCUT2D eigenvalue weighted by Gasteiger charge is 2.16. The second kappa shape index (κ2) is 8.27. The standard InChI is InChI=1S/C20H24N2O4/c1-14(23)5-6-15-7-9-18(10-8-15)26-13-17(24)12-22-20(25)11-16-3-2-4-19(16)21-22/h7-11,17,24H,2-6,12-13H2,1H3. The van der Waals surface area contributed by atoms with Gasteiger partial charge in [-0.25, -0.2) is 4.68 Å². The maximum Gasteiger partial charge on any atom is 0.267 e. The Bertz CT molecular complexity index is 827. The fourth-order valence-corrected chi connectivity index (χ4v) is 3.09. The number of ether oxygens (including phenoxy) is 1. The first-order valence-electron chi connectivity index (χ1n) is 9.00. The number of aliphatic hydroxyl groups is 1. The van der Waals surface area contributed by atoms with Crippen LogP contribution in [-0.4, -0.2) is 33.4 Å². The van der Waals surface area contributed by atoms with Gasteiger partial charge in [-0.05, 0) is 55.9 Å². The van der Waals surface area contributed by atoms with Crippen LogP contribution in [0.25, 0.3) is 0 Å². The number of aromatic nitrogens is 2. The van der Waals surface area contributed by atoms with E-state index in [1.807, 2.05) is 24.3 Å². The maximum absolute atomic E-state index is 12.1. The fourth-order valence-electron chi connectivity index (χ4n) is 3.09. The number of hydrogen-bond acceptors (Lipinski definition) is 5. The van der Waals surface area contributed by atoms with Gasteiger partial charge in [0.1, 0.15) is 24.2 Å². The van der Waals surface area contributed by atoms with Crippen molar-refractivity contribution in [2.75, 3.05) is 6.61 Å². The number of carbonyl (C=O) groups excluding carboxylic acids is 1. The molecule has 138 valence electrons. The largest absolute Gasteiger partial charge is 0.491 e. The zero-order valence-corrected chi connectivity index (χ0v) is 15.0. The van der Waals surface area contributed by atoms with Gasteiger partial charge in [0.15, 0.2) is 0 Å². The Kier molecular flexibility index (Phi) is 5.83. The first kappa shape index (κ1) is 18.3. The van der Waals surface area contributed by atoms with E-state index in [0.29, 0.717) is 18.6 Å². The molecule has 6 heteroatoms. The number of rotatable bonds is 8. The first-order chi connectivity index (χ1) is 12.5. The molecule has 0 spiro atoms. The quantitative estimate of drug-likeness (QED) is 0.778. The van der Waals surface area contributed by atoms with E-state index in [-0.39, 0.29) is 24.5 Å². The van der Waals surface area contributed by atoms with E-state index >= 15 is 0 Å². The molecule has 1 aromatic heterocycles. The smallest absolute Gasteiger partial charge is 0.267 e. The summed E-state index contributed by atoms with van der Waals surface area (Å²) in [5.74, 6) is 0.814. The zero-order valence-electron chi connectivity index (χ0n) is 15.0. The number of aliphatic hydroxyl groups excluding tert-OH is 1. The second-order valence-electron chi connectivity index (χ2n) is 6.80. The highest BCUT2D eigenvalue weighted by molar-refractivity contribution is 5.75. The minimum absolute atomic E-state index is 0.0813. The van der Waals surface area contributed by atoms with E-state index in [1.165, 1.54) is 4.68 Å². The number of hydrogen-bond donors (Lipinski definition) is 1. The lowest BCUT2D eigenvalue weighted by atomic mass is 10.1. The summed E-state index contributed by atoms with van der Waals surface area (Å²) in [6, 6.07) is 9.10. The molecule has 0 fully saturated rings. The van der Waals surface area contributed by atoms with Gasteiger partial charge in [-0.1, -0.05) is 12.1 Å². The molecule has 3 rings (SSSR count). The SMILES string of the molecule is CC(=O)CCc1ccc(OCC(O)Cn2nc3c(cc2=O)CCC3)cc1. The summed E-state index contributed by atoms with van der Waals surface area (Å²) >= 11 is 0. The van der Waals surface area contributed by atoms with Gasteiger partial charge >= 0.3 is 0 Å². The number of Topliss-reactive ketones (excluding diaryl/α,β-unsaturated/α-hetero) is 1. The molecular weight excluding hydrogens is 332 g/mol. The molecule has 0 bridgehead atoms. The summed E-state index contributed by atoms with van der Waals surface area (Å²) in [5, 5.41) is 14.5. The monoisotopic (exact) mass is 356 g/mol. The average Bonchev–Trinajstić information content (AvgIpc) is 3.06. The third-order valence-electron chi connectivity index (χ3n) is 4.54. The number of ketones is 1. The minimum atomic E-state index is -0.822. The molecule has 1 unspecified atom stereocenters. The summed E-state index contributed by atoms with van der Waals surface area (Å²) in [7, 11) is 0. The van der Waals surface area contributed by atoms with Gasteiger partial charge < -0.3 is 14.6 Å². The summed E-state index contributed by atoms with van der Waals surface area (Å²) in [5.41, 5.74) is 2.88. The van der Waals surface area contributed by atoms with Crippen LogP contribution in [0.15, 0.2) is 35.1 Å². The Balaban J connectivity index is 1.52. The second-order valence-corrected chi connectivity index (χ2v) is 6.80. The summed E-state index contributed by atoms with van der Waals surface area (Å²) in [6.45, 7) is 1.78. The molecule has 26 heavy (non-hydrogen) atoms. The topological polar surface area (TPSA) is 81.4 Å². The molecule has 0 saturated heterocycles. The van der Waals surface area contributed by atoms with Crippen molar-refractivity contribution in [2.24, 2.45) is 0 Å².